The first kappa shape index (κ1) is 18.0. The molecule has 2 aromatic carbocycles. The van der Waals surface area contributed by atoms with Gasteiger partial charge in [-0.05, 0) is 72.3 Å². The molecule has 138 valence electrons. The highest BCUT2D eigenvalue weighted by atomic mass is 32.2. The summed E-state index contributed by atoms with van der Waals surface area (Å²) in [4.78, 5) is 14.0. The summed E-state index contributed by atoms with van der Waals surface area (Å²) in [6, 6.07) is 13.6. The highest BCUT2D eigenvalue weighted by Crippen LogP contribution is 2.42. The molecular weight excluding hydrogens is 358 g/mol. The maximum atomic E-state index is 13.3. The zero-order valence-corrected chi connectivity index (χ0v) is 16.2. The van der Waals surface area contributed by atoms with Crippen LogP contribution in [0.5, 0.6) is 0 Å². The molecule has 3 aromatic rings. The van der Waals surface area contributed by atoms with Crippen molar-refractivity contribution in [3.05, 3.63) is 82.2 Å². The van der Waals surface area contributed by atoms with Gasteiger partial charge in [0.05, 0.1) is 11.8 Å². The third-order valence-corrected chi connectivity index (χ3v) is 6.00. The highest BCUT2D eigenvalue weighted by Gasteiger charge is 2.33. The molecule has 5 heteroatoms. The Morgan fingerprint density at radius 2 is 1.96 bits per heavy atom. The van der Waals surface area contributed by atoms with Crippen molar-refractivity contribution < 1.29 is 13.9 Å². The van der Waals surface area contributed by atoms with Gasteiger partial charge in [0.15, 0.2) is 16.4 Å². The van der Waals surface area contributed by atoms with Crippen LogP contribution in [0.15, 0.2) is 58.1 Å². The topological polar surface area (TPSA) is 66.2 Å². The Morgan fingerprint density at radius 3 is 2.67 bits per heavy atom. The monoisotopic (exact) mass is 379 g/mol. The van der Waals surface area contributed by atoms with Crippen molar-refractivity contribution in [3.8, 4) is 0 Å². The summed E-state index contributed by atoms with van der Waals surface area (Å²) in [5.74, 6) is 0.939. The lowest BCUT2D eigenvalue weighted by Gasteiger charge is -2.13. The molecule has 27 heavy (non-hydrogen) atoms. The van der Waals surface area contributed by atoms with Crippen LogP contribution in [-0.4, -0.2) is 21.7 Å². The van der Waals surface area contributed by atoms with E-state index in [-0.39, 0.29) is 5.78 Å². The first-order valence-electron chi connectivity index (χ1n) is 9.04. The zero-order valence-electron chi connectivity index (χ0n) is 15.4. The Morgan fingerprint density at radius 1 is 1.19 bits per heavy atom. The van der Waals surface area contributed by atoms with Crippen molar-refractivity contribution >= 4 is 17.0 Å². The van der Waals surface area contributed by atoms with Crippen molar-refractivity contribution in [2.75, 3.05) is 6.26 Å². The molecule has 1 atom stereocenters. The summed E-state index contributed by atoms with van der Waals surface area (Å²) in [5, 5.41) is 3.86. The molecule has 0 saturated heterocycles. The van der Waals surface area contributed by atoms with E-state index in [0.29, 0.717) is 29.2 Å². The van der Waals surface area contributed by atoms with Crippen LogP contribution in [0.4, 0.5) is 0 Å². The van der Waals surface area contributed by atoms with Gasteiger partial charge in [-0.2, -0.15) is 0 Å². The summed E-state index contributed by atoms with van der Waals surface area (Å²) in [7, 11) is 0. The molecule has 0 N–H and O–H groups in total. The zero-order chi connectivity index (χ0) is 19.0. The van der Waals surface area contributed by atoms with E-state index in [1.165, 1.54) is 11.8 Å². The number of aromatic nitrogens is 1. The van der Waals surface area contributed by atoms with Gasteiger partial charge in [-0.15, -0.1) is 0 Å². The van der Waals surface area contributed by atoms with Crippen molar-refractivity contribution in [2.24, 2.45) is 0 Å². The maximum Gasteiger partial charge on any atom is 0.198 e. The number of aryl methyl sites for hydroxylation is 1. The summed E-state index contributed by atoms with van der Waals surface area (Å²) in [6.45, 7) is 2.06. The molecule has 0 spiro atoms. The minimum Gasteiger partial charge on any atom is -0.612 e. The van der Waals surface area contributed by atoms with E-state index in [0.717, 1.165) is 28.9 Å². The van der Waals surface area contributed by atoms with Gasteiger partial charge in [-0.3, -0.25) is 4.79 Å². The van der Waals surface area contributed by atoms with Crippen LogP contribution in [0.25, 0.3) is 0 Å². The van der Waals surface area contributed by atoms with Crippen molar-refractivity contribution in [1.29, 1.82) is 0 Å². The van der Waals surface area contributed by atoms with Gasteiger partial charge in [0.2, 0.25) is 0 Å². The quantitative estimate of drug-likeness (QED) is 0.470. The Labute approximate surface area is 161 Å². The molecule has 0 radical (unpaired) electrons. The summed E-state index contributed by atoms with van der Waals surface area (Å²) in [6.07, 6.45) is 5.88. The second-order valence-corrected chi connectivity index (χ2v) is 8.46. The molecule has 4 rings (SSSR count). The van der Waals surface area contributed by atoms with Gasteiger partial charge >= 0.3 is 0 Å². The van der Waals surface area contributed by atoms with Crippen LogP contribution in [0.2, 0.25) is 0 Å². The number of rotatable bonds is 6. The number of carbonyl (C=O) groups excluding carboxylic acids is 1. The molecule has 1 fully saturated rings. The molecule has 1 heterocycles. The van der Waals surface area contributed by atoms with Crippen LogP contribution < -0.4 is 0 Å². The molecule has 0 bridgehead atoms. The first-order valence-corrected chi connectivity index (χ1v) is 10.6. The summed E-state index contributed by atoms with van der Waals surface area (Å²) < 4.78 is 17.3. The number of hydrogen-bond donors (Lipinski definition) is 0. The summed E-state index contributed by atoms with van der Waals surface area (Å²) in [5.41, 5.74) is 4.37. The fourth-order valence-corrected chi connectivity index (χ4v) is 3.90. The van der Waals surface area contributed by atoms with Crippen molar-refractivity contribution in [3.63, 3.8) is 0 Å². The van der Waals surface area contributed by atoms with E-state index >= 15 is 0 Å². The standard InChI is InChI=1S/C22H21NO3S/c1-14-5-3-4-6-16(14)11-17-12-18(27(2)25)9-10-19(17)21(24)20-13-23-26-22(20)15-7-8-15/h3-6,9-10,12-13,15H,7-8,11H2,1-2H3. The minimum atomic E-state index is -1.10. The molecule has 1 unspecified atom stereocenters. The van der Waals surface area contributed by atoms with Crippen LogP contribution >= 0.6 is 0 Å². The number of nitrogens with zero attached hydrogens (tertiary/aromatic N) is 1. The average molecular weight is 379 g/mol. The largest absolute Gasteiger partial charge is 0.612 e. The van der Waals surface area contributed by atoms with Crippen molar-refractivity contribution in [2.45, 2.75) is 37.0 Å². The first-order chi connectivity index (χ1) is 13.0. The third-order valence-electron chi connectivity index (χ3n) is 5.09. The van der Waals surface area contributed by atoms with E-state index in [1.54, 1.807) is 18.4 Å². The smallest absolute Gasteiger partial charge is 0.198 e. The molecule has 4 nitrogen and oxygen atoms in total. The van der Waals surface area contributed by atoms with Gasteiger partial charge in [0.1, 0.15) is 6.26 Å². The predicted octanol–water partition coefficient (Wildman–Crippen LogP) is 4.42. The fraction of sp³-hybridized carbons (Fsp3) is 0.273. The van der Waals surface area contributed by atoms with Crippen LogP contribution in [0.3, 0.4) is 0 Å². The van der Waals surface area contributed by atoms with Gasteiger partial charge in [0, 0.05) is 11.5 Å². The van der Waals surface area contributed by atoms with Crippen LogP contribution in [0, 0.1) is 6.92 Å². The molecule has 1 aliphatic carbocycles. The van der Waals surface area contributed by atoms with E-state index < -0.39 is 11.2 Å². The van der Waals surface area contributed by atoms with E-state index in [4.69, 9.17) is 4.52 Å². The lowest BCUT2D eigenvalue weighted by atomic mass is 9.92. The molecule has 1 saturated carbocycles. The number of carbonyl (C=O) groups is 1. The second-order valence-electron chi connectivity index (χ2n) is 7.08. The molecule has 0 amide bonds. The van der Waals surface area contributed by atoms with Crippen LogP contribution in [0.1, 0.15) is 57.1 Å². The fourth-order valence-electron chi connectivity index (χ4n) is 3.33. The lowest BCUT2D eigenvalue weighted by Crippen LogP contribution is -2.09. The SMILES string of the molecule is Cc1ccccc1Cc1cc([S+](C)[O-])ccc1C(=O)c1cnoc1C1CC1. The Bertz CT molecular complexity index is 989. The second kappa shape index (κ2) is 7.33. The third kappa shape index (κ3) is 3.70. The van der Waals surface area contributed by atoms with E-state index in [1.807, 2.05) is 18.2 Å². The van der Waals surface area contributed by atoms with E-state index in [9.17, 15) is 9.35 Å². The Kier molecular flexibility index (Phi) is 4.89. The summed E-state index contributed by atoms with van der Waals surface area (Å²) >= 11 is -1.10. The number of hydrogen-bond acceptors (Lipinski definition) is 4. The van der Waals surface area contributed by atoms with E-state index in [2.05, 4.69) is 24.2 Å². The maximum absolute atomic E-state index is 13.3. The number of ketones is 1. The highest BCUT2D eigenvalue weighted by molar-refractivity contribution is 7.90. The van der Waals surface area contributed by atoms with Gasteiger partial charge in [-0.1, -0.05) is 29.4 Å². The molecular formula is C22H21NO3S. The molecule has 1 aliphatic rings. The van der Waals surface area contributed by atoms with Gasteiger partial charge in [0.25, 0.3) is 0 Å². The number of benzene rings is 2. The lowest BCUT2D eigenvalue weighted by molar-refractivity contribution is 0.103. The Hall–Kier alpha value is -2.37. The minimum absolute atomic E-state index is 0.0739. The van der Waals surface area contributed by atoms with Gasteiger partial charge < -0.3 is 9.08 Å². The molecule has 1 aromatic heterocycles. The van der Waals surface area contributed by atoms with Crippen LogP contribution in [-0.2, 0) is 17.6 Å². The predicted molar refractivity (Wildman–Crippen MR) is 105 cm³/mol. The Balaban J connectivity index is 1.76. The normalized spacial score (nSPS) is 14.9. The van der Waals surface area contributed by atoms with Gasteiger partial charge in [-0.25, -0.2) is 0 Å². The molecule has 0 aliphatic heterocycles. The van der Waals surface area contributed by atoms with Crippen molar-refractivity contribution in [1.82, 2.24) is 5.16 Å². The average Bonchev–Trinajstić information content (AvgIpc) is 3.39.